The Morgan fingerprint density at radius 1 is 0.944 bits per heavy atom. The van der Waals surface area contributed by atoms with Gasteiger partial charge >= 0.3 is 0 Å². The van der Waals surface area contributed by atoms with E-state index in [1.165, 1.54) is 57.9 Å². The first-order valence-corrected chi connectivity index (χ1v) is 8.03. The minimum Gasteiger partial charge on any atom is -0.328 e. The molecule has 0 spiro atoms. The molecule has 0 amide bonds. The molecule has 106 valence electrons. The zero-order valence-corrected chi connectivity index (χ0v) is 12.6. The van der Waals surface area contributed by atoms with Crippen LogP contribution in [0.1, 0.15) is 72.1 Å². The Morgan fingerprint density at radius 3 is 1.94 bits per heavy atom. The first kappa shape index (κ1) is 14.3. The topological polar surface area (TPSA) is 29.3 Å². The minimum absolute atomic E-state index is 0.477. The van der Waals surface area contributed by atoms with E-state index in [-0.39, 0.29) is 0 Å². The summed E-state index contributed by atoms with van der Waals surface area (Å²) in [6.07, 6.45) is 10.7. The van der Waals surface area contributed by atoms with Crippen molar-refractivity contribution >= 4 is 0 Å². The second kappa shape index (κ2) is 5.92. The van der Waals surface area contributed by atoms with Crippen molar-refractivity contribution in [2.24, 2.45) is 11.1 Å². The lowest BCUT2D eigenvalue weighted by molar-refractivity contribution is 0.0574. The summed E-state index contributed by atoms with van der Waals surface area (Å²) in [5.74, 6) is 0. The zero-order valence-electron chi connectivity index (χ0n) is 12.6. The van der Waals surface area contributed by atoms with Gasteiger partial charge in [-0.2, -0.15) is 0 Å². The van der Waals surface area contributed by atoms with Crippen LogP contribution < -0.4 is 5.73 Å². The number of nitrogens with two attached hydrogens (primary N) is 1. The van der Waals surface area contributed by atoms with E-state index in [1.807, 2.05) is 0 Å². The number of hydrogen-bond donors (Lipinski definition) is 1. The van der Waals surface area contributed by atoms with Gasteiger partial charge in [-0.15, -0.1) is 0 Å². The zero-order chi connectivity index (χ0) is 13.2. The molecule has 2 N–H and O–H groups in total. The molecule has 0 aromatic carbocycles. The maximum atomic E-state index is 6.03. The normalized spacial score (nSPS) is 33.8. The third-order valence-electron chi connectivity index (χ3n) is 5.35. The SMILES string of the molecule is CCN(C1CCC(N)CC1)C1CCC(C)(C)CC1. The van der Waals surface area contributed by atoms with Gasteiger partial charge in [0.15, 0.2) is 0 Å². The van der Waals surface area contributed by atoms with Crippen molar-refractivity contribution in [3.63, 3.8) is 0 Å². The van der Waals surface area contributed by atoms with E-state index in [9.17, 15) is 0 Å². The summed E-state index contributed by atoms with van der Waals surface area (Å²) in [6, 6.07) is 2.15. The van der Waals surface area contributed by atoms with E-state index in [0.29, 0.717) is 11.5 Å². The molecule has 0 aromatic heterocycles. The van der Waals surface area contributed by atoms with Crippen LogP contribution in [0.2, 0.25) is 0 Å². The number of hydrogen-bond acceptors (Lipinski definition) is 2. The highest BCUT2D eigenvalue weighted by molar-refractivity contribution is 4.88. The van der Waals surface area contributed by atoms with E-state index in [4.69, 9.17) is 5.73 Å². The largest absolute Gasteiger partial charge is 0.328 e. The van der Waals surface area contributed by atoms with Crippen LogP contribution in [0.5, 0.6) is 0 Å². The predicted molar refractivity (Wildman–Crippen MR) is 78.6 cm³/mol. The van der Waals surface area contributed by atoms with E-state index in [0.717, 1.165) is 12.1 Å². The summed E-state index contributed by atoms with van der Waals surface area (Å²) in [7, 11) is 0. The van der Waals surface area contributed by atoms with Crippen LogP contribution in [0.25, 0.3) is 0 Å². The minimum atomic E-state index is 0.477. The second-order valence-electron chi connectivity index (χ2n) is 7.29. The van der Waals surface area contributed by atoms with Crippen LogP contribution in [-0.4, -0.2) is 29.6 Å². The molecule has 2 aliphatic rings. The summed E-state index contributed by atoms with van der Waals surface area (Å²) in [4.78, 5) is 2.81. The summed E-state index contributed by atoms with van der Waals surface area (Å²) in [6.45, 7) is 8.43. The summed E-state index contributed by atoms with van der Waals surface area (Å²) in [5.41, 5.74) is 6.62. The fourth-order valence-corrected chi connectivity index (χ4v) is 3.96. The summed E-state index contributed by atoms with van der Waals surface area (Å²) < 4.78 is 0. The first-order chi connectivity index (χ1) is 8.52. The van der Waals surface area contributed by atoms with Crippen LogP contribution in [-0.2, 0) is 0 Å². The molecular formula is C16H32N2. The van der Waals surface area contributed by atoms with Crippen molar-refractivity contribution in [3.8, 4) is 0 Å². The van der Waals surface area contributed by atoms with Gasteiger partial charge in [0.25, 0.3) is 0 Å². The van der Waals surface area contributed by atoms with Gasteiger partial charge in [0.1, 0.15) is 0 Å². The van der Waals surface area contributed by atoms with Gasteiger partial charge in [-0.05, 0) is 63.3 Å². The van der Waals surface area contributed by atoms with Crippen molar-refractivity contribution in [3.05, 3.63) is 0 Å². The molecule has 2 nitrogen and oxygen atoms in total. The van der Waals surface area contributed by atoms with E-state index < -0.39 is 0 Å². The summed E-state index contributed by atoms with van der Waals surface area (Å²) in [5, 5.41) is 0. The van der Waals surface area contributed by atoms with E-state index in [2.05, 4.69) is 25.7 Å². The van der Waals surface area contributed by atoms with Crippen LogP contribution in [0.3, 0.4) is 0 Å². The molecule has 0 heterocycles. The van der Waals surface area contributed by atoms with Gasteiger partial charge in [-0.1, -0.05) is 20.8 Å². The van der Waals surface area contributed by atoms with Crippen molar-refractivity contribution in [2.45, 2.75) is 90.3 Å². The van der Waals surface area contributed by atoms with Gasteiger partial charge in [-0.3, -0.25) is 4.90 Å². The Kier molecular flexibility index (Phi) is 4.71. The Balaban J connectivity index is 1.89. The quantitative estimate of drug-likeness (QED) is 0.832. The summed E-state index contributed by atoms with van der Waals surface area (Å²) >= 11 is 0. The molecule has 2 heteroatoms. The molecule has 0 unspecified atom stereocenters. The molecule has 0 saturated heterocycles. The molecule has 2 saturated carbocycles. The maximum Gasteiger partial charge on any atom is 0.00992 e. The van der Waals surface area contributed by atoms with Crippen molar-refractivity contribution in [1.82, 2.24) is 4.90 Å². The highest BCUT2D eigenvalue weighted by atomic mass is 15.2. The molecule has 2 rings (SSSR count). The Morgan fingerprint density at radius 2 is 1.44 bits per heavy atom. The lowest BCUT2D eigenvalue weighted by Gasteiger charge is -2.45. The van der Waals surface area contributed by atoms with Crippen LogP contribution in [0.15, 0.2) is 0 Å². The molecule has 2 fully saturated rings. The van der Waals surface area contributed by atoms with Gasteiger partial charge in [0, 0.05) is 18.1 Å². The smallest absolute Gasteiger partial charge is 0.00992 e. The maximum absolute atomic E-state index is 6.03. The van der Waals surface area contributed by atoms with Gasteiger partial charge < -0.3 is 5.73 Å². The first-order valence-electron chi connectivity index (χ1n) is 8.03. The average molecular weight is 252 g/mol. The molecule has 0 bridgehead atoms. The van der Waals surface area contributed by atoms with E-state index in [1.54, 1.807) is 0 Å². The molecule has 2 aliphatic carbocycles. The van der Waals surface area contributed by atoms with E-state index >= 15 is 0 Å². The standard InChI is InChI=1S/C16H32N2/c1-4-18(14-7-5-13(17)6-8-14)15-9-11-16(2,3)12-10-15/h13-15H,4-12,17H2,1-3H3. The van der Waals surface area contributed by atoms with Gasteiger partial charge in [0.05, 0.1) is 0 Å². The van der Waals surface area contributed by atoms with Crippen molar-refractivity contribution in [1.29, 1.82) is 0 Å². The third-order valence-corrected chi connectivity index (χ3v) is 5.35. The second-order valence-corrected chi connectivity index (χ2v) is 7.29. The Labute approximate surface area is 113 Å². The fourth-order valence-electron chi connectivity index (χ4n) is 3.96. The molecular weight excluding hydrogens is 220 g/mol. The lowest BCUT2D eigenvalue weighted by atomic mass is 9.74. The number of nitrogens with zero attached hydrogens (tertiary/aromatic N) is 1. The lowest BCUT2D eigenvalue weighted by Crippen LogP contribution is -2.48. The highest BCUT2D eigenvalue weighted by Gasteiger charge is 2.33. The molecule has 0 radical (unpaired) electrons. The molecule has 0 aliphatic heterocycles. The van der Waals surface area contributed by atoms with Crippen LogP contribution in [0.4, 0.5) is 0 Å². The van der Waals surface area contributed by atoms with Gasteiger partial charge in [0.2, 0.25) is 0 Å². The molecule has 18 heavy (non-hydrogen) atoms. The number of rotatable bonds is 3. The van der Waals surface area contributed by atoms with Gasteiger partial charge in [-0.25, -0.2) is 0 Å². The fraction of sp³-hybridized carbons (Fsp3) is 1.00. The molecule has 0 atom stereocenters. The molecule has 0 aromatic rings. The highest BCUT2D eigenvalue weighted by Crippen LogP contribution is 2.38. The predicted octanol–water partition coefficient (Wildman–Crippen LogP) is 3.55. The van der Waals surface area contributed by atoms with Crippen LogP contribution in [0, 0.1) is 5.41 Å². The average Bonchev–Trinajstić information content (AvgIpc) is 2.34. The third kappa shape index (κ3) is 3.48. The monoisotopic (exact) mass is 252 g/mol. The Hall–Kier alpha value is -0.0800. The van der Waals surface area contributed by atoms with Crippen molar-refractivity contribution in [2.75, 3.05) is 6.54 Å². The van der Waals surface area contributed by atoms with Crippen molar-refractivity contribution < 1.29 is 0 Å². The van der Waals surface area contributed by atoms with Crippen LogP contribution >= 0.6 is 0 Å². The Bertz CT molecular complexity index is 244.